The van der Waals surface area contributed by atoms with Gasteiger partial charge in [-0.05, 0) is 31.4 Å². The third-order valence-corrected chi connectivity index (χ3v) is 6.72. The number of aromatic nitrogens is 2. The van der Waals surface area contributed by atoms with E-state index in [1.807, 2.05) is 48.2 Å². The van der Waals surface area contributed by atoms with Crippen LogP contribution < -0.4 is 25.0 Å². The number of H-pyrrole nitrogens is 1. The average Bonchev–Trinajstić information content (AvgIpc) is 3.42. The number of amides is 1. The normalized spacial score (nSPS) is 17.6. The number of para-hydroxylation sites is 2. The SMILES string of the molecule is CCC1(CCCNC(C)=O)C(=O)C(c2nc3ccccc3[nH]2)=C(NC)N1c1cc(OC)cc(OC)c1. The Morgan fingerprint density at radius 2 is 1.83 bits per heavy atom. The van der Waals surface area contributed by atoms with Crippen LogP contribution in [0.15, 0.2) is 48.3 Å². The van der Waals surface area contributed by atoms with E-state index < -0.39 is 5.54 Å². The van der Waals surface area contributed by atoms with Gasteiger partial charge in [0.25, 0.3) is 0 Å². The van der Waals surface area contributed by atoms with Gasteiger partial charge in [-0.25, -0.2) is 4.98 Å². The number of nitrogens with zero attached hydrogens (tertiary/aromatic N) is 2. The number of fused-ring (bicyclic) bond motifs is 1. The maximum absolute atomic E-state index is 14.4. The molecular formula is C27H33N5O4. The lowest BCUT2D eigenvalue weighted by molar-refractivity contribution is -0.119. The molecule has 4 rings (SSSR count). The minimum atomic E-state index is -0.900. The first kappa shape index (κ1) is 25.1. The van der Waals surface area contributed by atoms with Crippen molar-refractivity contribution in [2.24, 2.45) is 0 Å². The van der Waals surface area contributed by atoms with Gasteiger partial charge < -0.3 is 30.0 Å². The second kappa shape index (κ2) is 10.3. The Morgan fingerprint density at radius 1 is 1.14 bits per heavy atom. The molecule has 9 heteroatoms. The van der Waals surface area contributed by atoms with Gasteiger partial charge in [0.15, 0.2) is 5.78 Å². The van der Waals surface area contributed by atoms with Gasteiger partial charge in [-0.2, -0.15) is 0 Å². The second-order valence-corrected chi connectivity index (χ2v) is 8.78. The summed E-state index contributed by atoms with van der Waals surface area (Å²) in [5, 5.41) is 6.13. The summed E-state index contributed by atoms with van der Waals surface area (Å²) in [6.07, 6.45) is 1.69. The van der Waals surface area contributed by atoms with Crippen molar-refractivity contribution >= 4 is 34.0 Å². The molecule has 1 unspecified atom stereocenters. The molecule has 9 nitrogen and oxygen atoms in total. The molecule has 0 bridgehead atoms. The highest BCUT2D eigenvalue weighted by atomic mass is 16.5. The molecule has 1 aliphatic heterocycles. The summed E-state index contributed by atoms with van der Waals surface area (Å²) in [5.41, 5.74) is 2.01. The lowest BCUT2D eigenvalue weighted by atomic mass is 9.83. The van der Waals surface area contributed by atoms with Gasteiger partial charge in [0.1, 0.15) is 34.3 Å². The number of methoxy groups -OCH3 is 2. The molecule has 1 aliphatic rings. The summed E-state index contributed by atoms with van der Waals surface area (Å²) in [7, 11) is 5.00. The molecule has 3 aromatic rings. The third-order valence-electron chi connectivity index (χ3n) is 6.72. The number of imidazole rings is 1. The molecule has 0 aliphatic carbocycles. The molecule has 1 amide bonds. The lowest BCUT2D eigenvalue weighted by Crippen LogP contribution is -2.51. The van der Waals surface area contributed by atoms with Crippen LogP contribution in [0.5, 0.6) is 11.5 Å². The minimum absolute atomic E-state index is 0.0296. The number of ether oxygens (including phenoxy) is 2. The van der Waals surface area contributed by atoms with Gasteiger partial charge in [-0.1, -0.05) is 19.1 Å². The van der Waals surface area contributed by atoms with E-state index in [0.717, 1.165) is 16.7 Å². The molecule has 36 heavy (non-hydrogen) atoms. The summed E-state index contributed by atoms with van der Waals surface area (Å²) in [4.78, 5) is 36.0. The molecule has 0 saturated heterocycles. The second-order valence-electron chi connectivity index (χ2n) is 8.78. The fourth-order valence-corrected chi connectivity index (χ4v) is 4.96. The predicted octanol–water partition coefficient (Wildman–Crippen LogP) is 3.62. The minimum Gasteiger partial charge on any atom is -0.497 e. The fourth-order valence-electron chi connectivity index (χ4n) is 4.96. The lowest BCUT2D eigenvalue weighted by Gasteiger charge is -2.40. The number of nitrogens with one attached hydrogen (secondary N) is 3. The van der Waals surface area contributed by atoms with Gasteiger partial charge in [0.2, 0.25) is 5.91 Å². The summed E-state index contributed by atoms with van der Waals surface area (Å²) < 4.78 is 11.1. The zero-order chi connectivity index (χ0) is 25.9. The molecule has 1 atom stereocenters. The number of benzene rings is 2. The van der Waals surface area contributed by atoms with Crippen LogP contribution >= 0.6 is 0 Å². The Balaban J connectivity index is 1.90. The molecule has 190 valence electrons. The number of carbonyl (C=O) groups is 2. The van der Waals surface area contributed by atoms with E-state index in [4.69, 9.17) is 14.5 Å². The van der Waals surface area contributed by atoms with E-state index >= 15 is 0 Å². The van der Waals surface area contributed by atoms with E-state index in [9.17, 15) is 9.59 Å². The summed E-state index contributed by atoms with van der Waals surface area (Å²) in [6, 6.07) is 13.3. The number of Topliss-reactive ketones (excluding diaryl/α,β-unsaturated/α-hetero) is 1. The Labute approximate surface area is 210 Å². The van der Waals surface area contributed by atoms with Crippen LogP contribution in [0.3, 0.4) is 0 Å². The molecule has 0 radical (unpaired) electrons. The van der Waals surface area contributed by atoms with Gasteiger partial charge in [0.05, 0.1) is 30.9 Å². The standard InChI is InChI=1S/C27H33N5O4/c1-6-27(12-9-13-29-17(2)33)24(34)23(25-30-21-10-7-8-11-22(21)31-25)26(28-3)32(27)18-14-19(35-4)16-20(15-18)36-5/h7-8,10-11,14-16,28H,6,9,12-13H2,1-5H3,(H,29,33)(H,30,31). The van der Waals surface area contributed by atoms with Gasteiger partial charge in [-0.3, -0.25) is 9.59 Å². The van der Waals surface area contributed by atoms with Crippen molar-refractivity contribution in [3.05, 3.63) is 54.1 Å². The Hall–Kier alpha value is -4.01. The first-order valence-electron chi connectivity index (χ1n) is 12.1. The zero-order valence-electron chi connectivity index (χ0n) is 21.4. The van der Waals surface area contributed by atoms with Crippen LogP contribution in [0.4, 0.5) is 5.69 Å². The first-order valence-corrected chi connectivity index (χ1v) is 12.1. The van der Waals surface area contributed by atoms with Crippen molar-refractivity contribution in [3.63, 3.8) is 0 Å². The predicted molar refractivity (Wildman–Crippen MR) is 140 cm³/mol. The number of anilines is 1. The van der Waals surface area contributed by atoms with Crippen molar-refractivity contribution in [2.45, 2.75) is 38.6 Å². The van der Waals surface area contributed by atoms with E-state index in [1.54, 1.807) is 27.3 Å². The van der Waals surface area contributed by atoms with Crippen LogP contribution in [0.2, 0.25) is 0 Å². The van der Waals surface area contributed by atoms with E-state index in [-0.39, 0.29) is 11.7 Å². The first-order chi connectivity index (χ1) is 17.4. The number of rotatable bonds is 10. The van der Waals surface area contributed by atoms with Crippen molar-refractivity contribution in [1.82, 2.24) is 20.6 Å². The number of carbonyl (C=O) groups excluding carboxylic acids is 2. The van der Waals surface area contributed by atoms with Crippen molar-refractivity contribution in [3.8, 4) is 11.5 Å². The van der Waals surface area contributed by atoms with Crippen LogP contribution in [-0.2, 0) is 9.59 Å². The van der Waals surface area contributed by atoms with Gasteiger partial charge in [0, 0.05) is 38.7 Å². The molecular weight excluding hydrogens is 458 g/mol. The highest BCUT2D eigenvalue weighted by Gasteiger charge is 2.53. The molecule has 1 aromatic heterocycles. The number of hydrogen-bond acceptors (Lipinski definition) is 7. The fraction of sp³-hybridized carbons (Fsp3) is 0.370. The summed E-state index contributed by atoms with van der Waals surface area (Å²) in [5.74, 6) is 2.28. The van der Waals surface area contributed by atoms with Crippen molar-refractivity contribution in [2.75, 3.05) is 32.7 Å². The smallest absolute Gasteiger partial charge is 0.216 e. The Bertz CT molecular complexity index is 1260. The van der Waals surface area contributed by atoms with Gasteiger partial charge in [-0.15, -0.1) is 0 Å². The average molecular weight is 492 g/mol. The number of aromatic amines is 1. The van der Waals surface area contributed by atoms with Crippen molar-refractivity contribution < 1.29 is 19.1 Å². The quantitative estimate of drug-likeness (QED) is 0.372. The third kappa shape index (κ3) is 4.36. The molecule has 0 fully saturated rings. The Morgan fingerprint density at radius 3 is 2.42 bits per heavy atom. The molecule has 2 aromatic carbocycles. The largest absolute Gasteiger partial charge is 0.497 e. The highest BCUT2D eigenvalue weighted by Crippen LogP contribution is 2.46. The molecule has 3 N–H and O–H groups in total. The van der Waals surface area contributed by atoms with Gasteiger partial charge >= 0.3 is 0 Å². The molecule has 0 saturated carbocycles. The number of hydrogen-bond donors (Lipinski definition) is 3. The zero-order valence-corrected chi connectivity index (χ0v) is 21.4. The maximum Gasteiger partial charge on any atom is 0.216 e. The van der Waals surface area contributed by atoms with E-state index in [1.165, 1.54) is 6.92 Å². The van der Waals surface area contributed by atoms with Crippen LogP contribution in [-0.4, -0.2) is 55.0 Å². The monoisotopic (exact) mass is 491 g/mol. The summed E-state index contributed by atoms with van der Waals surface area (Å²) >= 11 is 0. The van der Waals surface area contributed by atoms with Crippen LogP contribution in [0.25, 0.3) is 16.6 Å². The van der Waals surface area contributed by atoms with E-state index in [0.29, 0.717) is 54.5 Å². The van der Waals surface area contributed by atoms with Crippen LogP contribution in [0.1, 0.15) is 38.9 Å². The highest BCUT2D eigenvalue weighted by molar-refractivity contribution is 6.30. The van der Waals surface area contributed by atoms with Crippen LogP contribution in [0, 0.1) is 0 Å². The van der Waals surface area contributed by atoms with E-state index in [2.05, 4.69) is 15.6 Å². The van der Waals surface area contributed by atoms with Crippen molar-refractivity contribution in [1.29, 1.82) is 0 Å². The maximum atomic E-state index is 14.4. The Kier molecular flexibility index (Phi) is 7.19. The number of ketones is 1. The topological polar surface area (TPSA) is 109 Å². The molecule has 0 spiro atoms. The summed E-state index contributed by atoms with van der Waals surface area (Å²) in [6.45, 7) is 3.98. The molecule has 2 heterocycles.